The number of aromatic amines is 1. The van der Waals surface area contributed by atoms with Crippen LogP contribution >= 0.6 is 0 Å². The number of rotatable bonds is 2. The number of benzene rings is 2. The summed E-state index contributed by atoms with van der Waals surface area (Å²) in [4.78, 5) is 23.6. The van der Waals surface area contributed by atoms with Crippen molar-refractivity contribution in [3.05, 3.63) is 82.5 Å². The van der Waals surface area contributed by atoms with Crippen LogP contribution in [0.5, 0.6) is 0 Å². The first-order valence-electron chi connectivity index (χ1n) is 7.70. The number of H-pyrrole nitrogens is 1. The highest BCUT2D eigenvalue weighted by Crippen LogP contribution is 2.19. The van der Waals surface area contributed by atoms with Crippen LogP contribution in [0.1, 0.15) is 11.4 Å². The molecular formula is C20H12N4O. The van der Waals surface area contributed by atoms with E-state index in [1.165, 1.54) is 0 Å². The van der Waals surface area contributed by atoms with E-state index in [4.69, 9.17) is 0 Å². The molecule has 0 aliphatic carbocycles. The Morgan fingerprint density at radius 3 is 2.84 bits per heavy atom. The first-order valence-corrected chi connectivity index (χ1v) is 7.70. The van der Waals surface area contributed by atoms with Crippen molar-refractivity contribution in [2.75, 3.05) is 0 Å². The molecule has 0 spiro atoms. The lowest BCUT2D eigenvalue weighted by atomic mass is 10.1. The van der Waals surface area contributed by atoms with Gasteiger partial charge in [-0.2, -0.15) is 5.26 Å². The molecule has 0 fully saturated rings. The molecule has 1 N–H and O–H groups in total. The quantitative estimate of drug-likeness (QED) is 0.572. The molecule has 0 amide bonds. The molecule has 25 heavy (non-hydrogen) atoms. The lowest BCUT2D eigenvalue weighted by Crippen LogP contribution is -2.11. The Kier molecular flexibility index (Phi) is 3.56. The highest BCUT2D eigenvalue weighted by molar-refractivity contribution is 5.91. The number of nitriles is 1. The number of para-hydroxylation sites is 1. The summed E-state index contributed by atoms with van der Waals surface area (Å²) in [7, 11) is 0. The molecule has 4 aromatic rings. The summed E-state index contributed by atoms with van der Waals surface area (Å²) in [5, 5.41) is 11.0. The molecule has 0 aliphatic heterocycles. The summed E-state index contributed by atoms with van der Waals surface area (Å²) < 4.78 is 0. The average Bonchev–Trinajstić information content (AvgIpc) is 2.66. The molecule has 0 saturated carbocycles. The fourth-order valence-corrected chi connectivity index (χ4v) is 2.71. The predicted octanol–water partition coefficient (Wildman–Crippen LogP) is 3.54. The van der Waals surface area contributed by atoms with Gasteiger partial charge in [0.15, 0.2) is 5.82 Å². The fraction of sp³-hybridized carbons (Fsp3) is 0. The third-order valence-electron chi connectivity index (χ3n) is 3.93. The second-order valence-electron chi connectivity index (χ2n) is 5.56. The lowest BCUT2D eigenvalue weighted by molar-refractivity contribution is 1.13. The predicted molar refractivity (Wildman–Crippen MR) is 97.6 cm³/mol. The van der Waals surface area contributed by atoms with Gasteiger partial charge >= 0.3 is 0 Å². The summed E-state index contributed by atoms with van der Waals surface area (Å²) >= 11 is 0. The van der Waals surface area contributed by atoms with Gasteiger partial charge < -0.3 is 4.98 Å². The van der Waals surface area contributed by atoms with E-state index in [9.17, 15) is 10.1 Å². The Bertz CT molecular complexity index is 1230. The number of pyridine rings is 1. The standard InChI is InChI=1S/C20H12N4O/c21-12-15(10-13-7-8-14-4-3-9-22-18(14)11-13)19-23-17-6-2-1-5-16(17)20(25)24-19/h1-11H,(H,23,24,25)/b15-10-. The van der Waals surface area contributed by atoms with E-state index in [1.807, 2.05) is 36.4 Å². The summed E-state index contributed by atoms with van der Waals surface area (Å²) in [6.07, 6.45) is 3.42. The summed E-state index contributed by atoms with van der Waals surface area (Å²) in [5.74, 6) is 0.257. The summed E-state index contributed by atoms with van der Waals surface area (Å²) in [6, 6.07) is 18.8. The molecule has 0 saturated heterocycles. The average molecular weight is 324 g/mol. The van der Waals surface area contributed by atoms with E-state index in [0.29, 0.717) is 10.9 Å². The fourth-order valence-electron chi connectivity index (χ4n) is 2.71. The van der Waals surface area contributed by atoms with Gasteiger partial charge in [-0.25, -0.2) is 4.98 Å². The SMILES string of the molecule is N#C/C(=C/c1ccc2cccnc2c1)c1nc2ccccc2c(=O)[nH]1. The Morgan fingerprint density at radius 1 is 1.08 bits per heavy atom. The molecule has 2 heterocycles. The zero-order chi connectivity index (χ0) is 17.2. The smallest absolute Gasteiger partial charge is 0.259 e. The highest BCUT2D eigenvalue weighted by atomic mass is 16.1. The monoisotopic (exact) mass is 324 g/mol. The topological polar surface area (TPSA) is 82.4 Å². The maximum absolute atomic E-state index is 12.2. The van der Waals surface area contributed by atoms with E-state index in [2.05, 4.69) is 21.0 Å². The maximum atomic E-state index is 12.2. The maximum Gasteiger partial charge on any atom is 0.259 e. The molecule has 0 bridgehead atoms. The molecule has 5 nitrogen and oxygen atoms in total. The highest BCUT2D eigenvalue weighted by Gasteiger charge is 2.08. The molecular weight excluding hydrogens is 312 g/mol. The number of hydrogen-bond acceptors (Lipinski definition) is 4. The molecule has 0 unspecified atom stereocenters. The molecule has 5 heteroatoms. The first-order chi connectivity index (χ1) is 12.2. The van der Waals surface area contributed by atoms with Crippen LogP contribution in [-0.4, -0.2) is 15.0 Å². The second-order valence-corrected chi connectivity index (χ2v) is 5.56. The van der Waals surface area contributed by atoms with Crippen molar-refractivity contribution >= 4 is 33.5 Å². The van der Waals surface area contributed by atoms with Crippen LogP contribution in [-0.2, 0) is 0 Å². The number of allylic oxidation sites excluding steroid dienone is 1. The van der Waals surface area contributed by atoms with Crippen LogP contribution in [0.25, 0.3) is 33.5 Å². The van der Waals surface area contributed by atoms with Gasteiger partial charge in [-0.05, 0) is 35.9 Å². The molecule has 4 rings (SSSR count). The van der Waals surface area contributed by atoms with Gasteiger partial charge in [0.1, 0.15) is 6.07 Å². The number of fused-ring (bicyclic) bond motifs is 2. The molecule has 0 atom stereocenters. The lowest BCUT2D eigenvalue weighted by Gasteiger charge is -2.03. The van der Waals surface area contributed by atoms with Crippen molar-refractivity contribution in [2.24, 2.45) is 0 Å². The Balaban J connectivity index is 1.85. The first kappa shape index (κ1) is 14.8. The second kappa shape index (κ2) is 6.02. The number of nitrogens with zero attached hydrogens (tertiary/aromatic N) is 3. The van der Waals surface area contributed by atoms with Crippen molar-refractivity contribution in [3.8, 4) is 6.07 Å². The molecule has 118 valence electrons. The van der Waals surface area contributed by atoms with Crippen molar-refractivity contribution in [1.29, 1.82) is 5.26 Å². The van der Waals surface area contributed by atoms with Crippen LogP contribution in [0.2, 0.25) is 0 Å². The molecule has 0 radical (unpaired) electrons. The number of hydrogen-bond donors (Lipinski definition) is 1. The minimum Gasteiger partial charge on any atom is -0.305 e. The van der Waals surface area contributed by atoms with Gasteiger partial charge in [-0.15, -0.1) is 0 Å². The Labute approximate surface area is 142 Å². The minimum atomic E-state index is -0.262. The third kappa shape index (κ3) is 2.77. The van der Waals surface area contributed by atoms with Crippen molar-refractivity contribution in [1.82, 2.24) is 15.0 Å². The number of aromatic nitrogens is 3. The van der Waals surface area contributed by atoms with E-state index in [1.54, 1.807) is 30.5 Å². The van der Waals surface area contributed by atoms with Gasteiger partial charge in [0, 0.05) is 11.6 Å². The van der Waals surface area contributed by atoms with E-state index >= 15 is 0 Å². The third-order valence-corrected chi connectivity index (χ3v) is 3.93. The van der Waals surface area contributed by atoms with E-state index in [-0.39, 0.29) is 17.0 Å². The van der Waals surface area contributed by atoms with Crippen molar-refractivity contribution in [3.63, 3.8) is 0 Å². The minimum absolute atomic E-state index is 0.257. The van der Waals surface area contributed by atoms with Crippen molar-refractivity contribution < 1.29 is 0 Å². The zero-order valence-electron chi connectivity index (χ0n) is 13.1. The van der Waals surface area contributed by atoms with Gasteiger partial charge in [-0.1, -0.05) is 30.3 Å². The van der Waals surface area contributed by atoms with E-state index < -0.39 is 0 Å². The molecule has 2 aromatic heterocycles. The Hall–Kier alpha value is -3.78. The van der Waals surface area contributed by atoms with Gasteiger partial charge in [0.2, 0.25) is 0 Å². The van der Waals surface area contributed by atoms with E-state index in [0.717, 1.165) is 16.5 Å². The van der Waals surface area contributed by atoms with Gasteiger partial charge in [-0.3, -0.25) is 9.78 Å². The normalized spacial score (nSPS) is 11.6. The van der Waals surface area contributed by atoms with Gasteiger partial charge in [0.05, 0.1) is 22.0 Å². The Morgan fingerprint density at radius 2 is 1.96 bits per heavy atom. The van der Waals surface area contributed by atoms with Crippen LogP contribution in [0.3, 0.4) is 0 Å². The van der Waals surface area contributed by atoms with Crippen LogP contribution in [0, 0.1) is 11.3 Å². The van der Waals surface area contributed by atoms with Crippen LogP contribution in [0.15, 0.2) is 65.6 Å². The molecule has 2 aromatic carbocycles. The summed E-state index contributed by atoms with van der Waals surface area (Å²) in [6.45, 7) is 0. The largest absolute Gasteiger partial charge is 0.305 e. The van der Waals surface area contributed by atoms with Gasteiger partial charge in [0.25, 0.3) is 5.56 Å². The van der Waals surface area contributed by atoms with Crippen LogP contribution < -0.4 is 5.56 Å². The number of nitrogens with one attached hydrogen (secondary N) is 1. The molecule has 0 aliphatic rings. The summed E-state index contributed by atoms with van der Waals surface area (Å²) in [5.41, 5.74) is 2.25. The van der Waals surface area contributed by atoms with Crippen molar-refractivity contribution in [2.45, 2.75) is 0 Å². The van der Waals surface area contributed by atoms with Crippen LogP contribution in [0.4, 0.5) is 0 Å². The zero-order valence-corrected chi connectivity index (χ0v) is 13.1.